The minimum atomic E-state index is -4.65. The van der Waals surface area contributed by atoms with Gasteiger partial charge in [0.15, 0.2) is 0 Å². The van der Waals surface area contributed by atoms with Crippen molar-refractivity contribution in [2.24, 2.45) is 0 Å². The average molecular weight is 531 g/mol. The SMILES string of the molecule is CCN(C(=O)[C@H]1C[C@H](C)N(C(=O)c2ccc(OC)cc2)c2ccccc21)c1ccc(Cl)c(C(F)(F)F)c1. The number of benzene rings is 3. The van der Waals surface area contributed by atoms with Crippen molar-refractivity contribution in [2.75, 3.05) is 23.5 Å². The molecule has 0 unspecified atom stereocenters. The van der Waals surface area contributed by atoms with E-state index in [1.807, 2.05) is 6.92 Å². The van der Waals surface area contributed by atoms with Gasteiger partial charge in [0.1, 0.15) is 5.75 Å². The molecule has 1 aliphatic heterocycles. The summed E-state index contributed by atoms with van der Waals surface area (Å²) in [6, 6.07) is 17.1. The number of hydrogen-bond donors (Lipinski definition) is 0. The van der Waals surface area contributed by atoms with Crippen LogP contribution in [-0.4, -0.2) is 31.5 Å². The summed E-state index contributed by atoms with van der Waals surface area (Å²) in [4.78, 5) is 30.3. The lowest BCUT2D eigenvalue weighted by Gasteiger charge is -2.40. The van der Waals surface area contributed by atoms with E-state index in [1.165, 1.54) is 11.0 Å². The van der Waals surface area contributed by atoms with Crippen LogP contribution in [0.1, 0.15) is 47.7 Å². The van der Waals surface area contributed by atoms with Crippen LogP contribution in [-0.2, 0) is 11.0 Å². The molecule has 0 fully saturated rings. The molecule has 0 N–H and O–H groups in total. The molecule has 3 aromatic carbocycles. The summed E-state index contributed by atoms with van der Waals surface area (Å²) in [6.07, 6.45) is -4.34. The van der Waals surface area contributed by atoms with Crippen LogP contribution >= 0.6 is 11.6 Å². The van der Waals surface area contributed by atoms with Crippen LogP contribution in [0, 0.1) is 0 Å². The molecule has 194 valence electrons. The van der Waals surface area contributed by atoms with Crippen LogP contribution in [0.25, 0.3) is 0 Å². The fourth-order valence-electron chi connectivity index (χ4n) is 4.78. The molecule has 1 aliphatic rings. The Hall–Kier alpha value is -3.52. The highest BCUT2D eigenvalue weighted by atomic mass is 35.5. The molecule has 0 bridgehead atoms. The molecule has 2 atom stereocenters. The van der Waals surface area contributed by atoms with E-state index in [0.717, 1.165) is 12.1 Å². The van der Waals surface area contributed by atoms with E-state index >= 15 is 0 Å². The van der Waals surface area contributed by atoms with Gasteiger partial charge >= 0.3 is 6.18 Å². The summed E-state index contributed by atoms with van der Waals surface area (Å²) in [6.45, 7) is 3.73. The molecule has 9 heteroatoms. The number of rotatable bonds is 5. The predicted molar refractivity (Wildman–Crippen MR) is 138 cm³/mol. The Morgan fingerprint density at radius 2 is 1.76 bits per heavy atom. The quantitative estimate of drug-likeness (QED) is 0.359. The van der Waals surface area contributed by atoms with Gasteiger partial charge in [-0.2, -0.15) is 13.2 Å². The number of alkyl halides is 3. The third-order valence-corrected chi connectivity index (χ3v) is 6.92. The van der Waals surface area contributed by atoms with Crippen LogP contribution in [0.3, 0.4) is 0 Å². The lowest BCUT2D eigenvalue weighted by Crippen LogP contribution is -2.46. The number of fused-ring (bicyclic) bond motifs is 1. The second-order valence-corrected chi connectivity index (χ2v) is 9.25. The number of carbonyl (C=O) groups is 2. The maximum Gasteiger partial charge on any atom is 0.417 e. The molecule has 1 heterocycles. The highest BCUT2D eigenvalue weighted by Crippen LogP contribution is 2.42. The van der Waals surface area contributed by atoms with Crippen molar-refractivity contribution in [3.05, 3.63) is 88.4 Å². The van der Waals surface area contributed by atoms with E-state index in [2.05, 4.69) is 0 Å². The minimum absolute atomic E-state index is 0.117. The molecule has 0 saturated heterocycles. The van der Waals surface area contributed by atoms with E-state index in [-0.39, 0.29) is 30.1 Å². The van der Waals surface area contributed by atoms with Gasteiger partial charge in [0.2, 0.25) is 5.91 Å². The number of para-hydroxylation sites is 1. The van der Waals surface area contributed by atoms with Gasteiger partial charge in [0.05, 0.1) is 23.6 Å². The van der Waals surface area contributed by atoms with Gasteiger partial charge in [0.25, 0.3) is 5.91 Å². The molecule has 3 aromatic rings. The number of nitrogens with zero attached hydrogens (tertiary/aromatic N) is 2. The zero-order valence-corrected chi connectivity index (χ0v) is 21.3. The first-order valence-electron chi connectivity index (χ1n) is 11.8. The first-order valence-corrected chi connectivity index (χ1v) is 12.2. The first-order chi connectivity index (χ1) is 17.6. The Morgan fingerprint density at radius 3 is 2.38 bits per heavy atom. The first kappa shape index (κ1) is 26.5. The summed E-state index contributed by atoms with van der Waals surface area (Å²) < 4.78 is 45.6. The Bertz CT molecular complexity index is 1310. The molecule has 0 aliphatic carbocycles. The topological polar surface area (TPSA) is 49.9 Å². The third kappa shape index (κ3) is 5.16. The molecule has 37 heavy (non-hydrogen) atoms. The Kier molecular flexibility index (Phi) is 7.50. The summed E-state index contributed by atoms with van der Waals surface area (Å²) in [5.41, 5.74) is 0.848. The minimum Gasteiger partial charge on any atom is -0.497 e. The molecule has 0 saturated carbocycles. The van der Waals surface area contributed by atoms with Crippen LogP contribution in [0.15, 0.2) is 66.7 Å². The Labute approximate surface area is 218 Å². The maximum atomic E-state index is 13.8. The number of carbonyl (C=O) groups excluding carboxylic acids is 2. The van der Waals surface area contributed by atoms with E-state index in [0.29, 0.717) is 29.0 Å². The molecular formula is C28H26ClF3N2O3. The molecule has 0 spiro atoms. The van der Waals surface area contributed by atoms with Crippen molar-refractivity contribution in [3.63, 3.8) is 0 Å². The predicted octanol–water partition coefficient (Wildman–Crippen LogP) is 6.94. The number of hydrogen-bond acceptors (Lipinski definition) is 3. The van der Waals surface area contributed by atoms with E-state index in [9.17, 15) is 22.8 Å². The second-order valence-electron chi connectivity index (χ2n) is 8.84. The maximum absolute atomic E-state index is 13.8. The van der Waals surface area contributed by atoms with Gasteiger partial charge in [-0.25, -0.2) is 0 Å². The Morgan fingerprint density at radius 1 is 1.08 bits per heavy atom. The average Bonchev–Trinajstić information content (AvgIpc) is 2.88. The standard InChI is InChI=1S/C28H26ClF3N2O3/c1-4-33(19-11-14-24(29)23(16-19)28(30,31)32)27(36)22-15-17(2)34(25-8-6-5-7-21(22)25)26(35)18-9-12-20(37-3)13-10-18/h5-14,16-17,22H,4,15H2,1-3H3/t17-,22-/m0/s1. The van der Waals surface area contributed by atoms with E-state index < -0.39 is 22.7 Å². The van der Waals surface area contributed by atoms with Gasteiger partial charge in [0, 0.05) is 29.5 Å². The van der Waals surface area contributed by atoms with Crippen molar-refractivity contribution >= 4 is 34.8 Å². The highest BCUT2D eigenvalue weighted by Gasteiger charge is 2.39. The van der Waals surface area contributed by atoms with Crippen molar-refractivity contribution in [3.8, 4) is 5.75 Å². The van der Waals surface area contributed by atoms with Gasteiger partial charge in [-0.15, -0.1) is 0 Å². The zero-order chi connectivity index (χ0) is 26.9. The summed E-state index contributed by atoms with van der Waals surface area (Å²) in [5, 5.41) is -0.427. The fraction of sp³-hybridized carbons (Fsp3) is 0.286. The largest absolute Gasteiger partial charge is 0.497 e. The monoisotopic (exact) mass is 530 g/mol. The van der Waals surface area contributed by atoms with Crippen LogP contribution in [0.2, 0.25) is 5.02 Å². The highest BCUT2D eigenvalue weighted by molar-refractivity contribution is 6.31. The molecule has 0 radical (unpaired) electrons. The summed E-state index contributed by atoms with van der Waals surface area (Å²) in [7, 11) is 1.55. The molecule has 4 rings (SSSR count). The summed E-state index contributed by atoms with van der Waals surface area (Å²) >= 11 is 5.79. The lowest BCUT2D eigenvalue weighted by atomic mass is 9.84. The smallest absolute Gasteiger partial charge is 0.417 e. The number of likely N-dealkylation sites (N-methyl/N-ethyl adjacent to an activating group) is 1. The summed E-state index contributed by atoms with van der Waals surface area (Å²) in [5.74, 6) is -0.567. The number of halogens is 4. The third-order valence-electron chi connectivity index (χ3n) is 6.59. The van der Waals surface area contributed by atoms with Gasteiger partial charge in [-0.05, 0) is 74.4 Å². The molecule has 0 aromatic heterocycles. The van der Waals surface area contributed by atoms with Crippen molar-refractivity contribution in [1.82, 2.24) is 0 Å². The van der Waals surface area contributed by atoms with Crippen LogP contribution in [0.4, 0.5) is 24.5 Å². The number of amides is 2. The van der Waals surface area contributed by atoms with Crippen LogP contribution in [0.5, 0.6) is 5.75 Å². The second kappa shape index (κ2) is 10.5. The molecular weight excluding hydrogens is 505 g/mol. The number of methoxy groups -OCH3 is 1. The number of ether oxygens (including phenoxy) is 1. The van der Waals surface area contributed by atoms with E-state index in [4.69, 9.17) is 16.3 Å². The van der Waals surface area contributed by atoms with Crippen molar-refractivity contribution < 1.29 is 27.5 Å². The molecule has 5 nitrogen and oxygen atoms in total. The number of anilines is 2. The lowest BCUT2D eigenvalue weighted by molar-refractivity contribution is -0.137. The van der Waals surface area contributed by atoms with Crippen molar-refractivity contribution in [2.45, 2.75) is 38.4 Å². The van der Waals surface area contributed by atoms with Crippen LogP contribution < -0.4 is 14.5 Å². The van der Waals surface area contributed by atoms with Crippen molar-refractivity contribution in [1.29, 1.82) is 0 Å². The van der Waals surface area contributed by atoms with E-state index in [1.54, 1.807) is 67.5 Å². The van der Waals surface area contributed by atoms with Gasteiger partial charge < -0.3 is 14.5 Å². The van der Waals surface area contributed by atoms with Gasteiger partial charge in [-0.3, -0.25) is 9.59 Å². The fourth-order valence-corrected chi connectivity index (χ4v) is 5.01. The normalized spacial score (nSPS) is 17.2. The Balaban J connectivity index is 1.70. The zero-order valence-electron chi connectivity index (χ0n) is 20.6. The molecule has 2 amide bonds. The van der Waals surface area contributed by atoms with Gasteiger partial charge in [-0.1, -0.05) is 29.8 Å².